The lowest BCUT2D eigenvalue weighted by atomic mass is 10.3. The number of aliphatic hydroxyl groups excluding tert-OH is 1. The van der Waals surface area contributed by atoms with Crippen LogP contribution < -0.4 is 15.2 Å². The smallest absolute Gasteiger partial charge is 0.246 e. The SMILES string of the molecule is COc1cc(OC)c(S(=O)(=O)N2CCC(O)C2)cc1N. The van der Waals surface area contributed by atoms with Crippen LogP contribution in [-0.2, 0) is 10.0 Å². The molecule has 20 heavy (non-hydrogen) atoms. The minimum absolute atomic E-state index is 0.0209. The zero-order valence-electron chi connectivity index (χ0n) is 11.4. The number of hydrogen-bond acceptors (Lipinski definition) is 6. The van der Waals surface area contributed by atoms with Crippen molar-refractivity contribution in [2.45, 2.75) is 17.4 Å². The zero-order chi connectivity index (χ0) is 14.9. The first-order valence-corrected chi connectivity index (χ1v) is 7.54. The Labute approximate surface area is 117 Å². The Kier molecular flexibility index (Phi) is 4.07. The van der Waals surface area contributed by atoms with Gasteiger partial charge in [0, 0.05) is 19.2 Å². The van der Waals surface area contributed by atoms with Gasteiger partial charge in [-0.3, -0.25) is 0 Å². The Morgan fingerprint density at radius 1 is 1.30 bits per heavy atom. The number of hydrogen-bond donors (Lipinski definition) is 2. The Morgan fingerprint density at radius 2 is 1.95 bits per heavy atom. The lowest BCUT2D eigenvalue weighted by molar-refractivity contribution is 0.189. The summed E-state index contributed by atoms with van der Waals surface area (Å²) in [5, 5.41) is 9.49. The van der Waals surface area contributed by atoms with Gasteiger partial charge in [-0.15, -0.1) is 0 Å². The van der Waals surface area contributed by atoms with Crippen LogP contribution in [0.25, 0.3) is 0 Å². The van der Waals surface area contributed by atoms with E-state index < -0.39 is 16.1 Å². The highest BCUT2D eigenvalue weighted by atomic mass is 32.2. The number of nitrogens with zero attached hydrogens (tertiary/aromatic N) is 1. The van der Waals surface area contributed by atoms with E-state index in [1.807, 2.05) is 0 Å². The third-order valence-electron chi connectivity index (χ3n) is 3.26. The molecular weight excluding hydrogens is 284 g/mol. The number of ether oxygens (including phenoxy) is 2. The second-order valence-corrected chi connectivity index (χ2v) is 6.46. The Balaban J connectivity index is 2.48. The second kappa shape index (κ2) is 5.47. The van der Waals surface area contributed by atoms with E-state index in [0.29, 0.717) is 12.2 Å². The number of β-amino-alcohol motifs (C(OH)–C–C–N with tert-alkyl or cyclic N) is 1. The maximum atomic E-state index is 12.6. The molecule has 1 aliphatic rings. The van der Waals surface area contributed by atoms with E-state index in [2.05, 4.69) is 0 Å². The van der Waals surface area contributed by atoms with Gasteiger partial charge in [0.2, 0.25) is 10.0 Å². The molecule has 8 heteroatoms. The van der Waals surface area contributed by atoms with Crippen molar-refractivity contribution in [2.75, 3.05) is 33.0 Å². The molecule has 0 aliphatic carbocycles. The number of nitrogen functional groups attached to an aromatic ring is 1. The fourth-order valence-corrected chi connectivity index (χ4v) is 3.83. The number of sulfonamides is 1. The summed E-state index contributed by atoms with van der Waals surface area (Å²) >= 11 is 0. The number of rotatable bonds is 4. The molecule has 1 aromatic rings. The lowest BCUT2D eigenvalue weighted by Crippen LogP contribution is -2.30. The molecule has 3 N–H and O–H groups in total. The van der Waals surface area contributed by atoms with E-state index >= 15 is 0 Å². The largest absolute Gasteiger partial charge is 0.495 e. The van der Waals surface area contributed by atoms with Crippen LogP contribution in [0.3, 0.4) is 0 Å². The average molecular weight is 302 g/mol. The van der Waals surface area contributed by atoms with Gasteiger partial charge in [0.05, 0.1) is 26.0 Å². The Morgan fingerprint density at radius 3 is 2.45 bits per heavy atom. The van der Waals surface area contributed by atoms with Crippen LogP contribution in [-0.4, -0.2) is 51.2 Å². The molecule has 0 amide bonds. The fraction of sp³-hybridized carbons (Fsp3) is 0.500. The van der Waals surface area contributed by atoms with Gasteiger partial charge in [-0.05, 0) is 12.5 Å². The van der Waals surface area contributed by atoms with Crippen molar-refractivity contribution in [2.24, 2.45) is 0 Å². The molecule has 1 aromatic carbocycles. The molecule has 1 heterocycles. The molecular formula is C12H18N2O5S. The van der Waals surface area contributed by atoms with E-state index in [-0.39, 0.29) is 29.4 Å². The summed E-state index contributed by atoms with van der Waals surface area (Å²) in [6.07, 6.45) is -0.209. The van der Waals surface area contributed by atoms with Crippen molar-refractivity contribution in [3.05, 3.63) is 12.1 Å². The first-order valence-electron chi connectivity index (χ1n) is 6.10. The third-order valence-corrected chi connectivity index (χ3v) is 5.15. The average Bonchev–Trinajstić information content (AvgIpc) is 2.85. The highest BCUT2D eigenvalue weighted by Gasteiger charge is 2.34. The van der Waals surface area contributed by atoms with Crippen LogP contribution in [0.1, 0.15) is 6.42 Å². The highest BCUT2D eigenvalue weighted by molar-refractivity contribution is 7.89. The number of aliphatic hydroxyl groups is 1. The molecule has 1 atom stereocenters. The van der Waals surface area contributed by atoms with E-state index in [0.717, 1.165) is 0 Å². The summed E-state index contributed by atoms with van der Waals surface area (Å²) in [5.74, 6) is 0.514. The van der Waals surface area contributed by atoms with Crippen molar-refractivity contribution in [3.8, 4) is 11.5 Å². The highest BCUT2D eigenvalue weighted by Crippen LogP contribution is 2.36. The van der Waals surface area contributed by atoms with E-state index in [4.69, 9.17) is 15.2 Å². The minimum atomic E-state index is -3.75. The molecule has 1 unspecified atom stereocenters. The molecule has 0 bridgehead atoms. The Bertz CT molecular complexity index is 602. The topological polar surface area (TPSA) is 102 Å². The van der Waals surface area contributed by atoms with Crippen molar-refractivity contribution in [1.82, 2.24) is 4.31 Å². The van der Waals surface area contributed by atoms with E-state index in [1.54, 1.807) is 0 Å². The van der Waals surface area contributed by atoms with Gasteiger partial charge in [0.25, 0.3) is 0 Å². The normalized spacial score (nSPS) is 20.1. The van der Waals surface area contributed by atoms with Gasteiger partial charge in [-0.1, -0.05) is 0 Å². The summed E-state index contributed by atoms with van der Waals surface area (Å²) in [5.41, 5.74) is 5.98. The molecule has 1 saturated heterocycles. The fourth-order valence-electron chi connectivity index (χ4n) is 2.16. The van der Waals surface area contributed by atoms with E-state index in [1.165, 1.54) is 30.7 Å². The lowest BCUT2D eigenvalue weighted by Gasteiger charge is -2.19. The van der Waals surface area contributed by atoms with Crippen LogP contribution in [0.4, 0.5) is 5.69 Å². The summed E-state index contributed by atoms with van der Waals surface area (Å²) in [4.78, 5) is -0.0209. The molecule has 1 fully saturated rings. The van der Waals surface area contributed by atoms with Crippen molar-refractivity contribution < 1.29 is 23.0 Å². The van der Waals surface area contributed by atoms with Gasteiger partial charge in [-0.2, -0.15) is 4.31 Å². The summed E-state index contributed by atoms with van der Waals surface area (Å²) < 4.78 is 36.5. The van der Waals surface area contributed by atoms with Crippen LogP contribution in [0, 0.1) is 0 Å². The zero-order valence-corrected chi connectivity index (χ0v) is 12.2. The minimum Gasteiger partial charge on any atom is -0.495 e. The molecule has 1 aliphatic heterocycles. The van der Waals surface area contributed by atoms with Crippen LogP contribution in [0.2, 0.25) is 0 Å². The van der Waals surface area contributed by atoms with Crippen molar-refractivity contribution >= 4 is 15.7 Å². The van der Waals surface area contributed by atoms with Gasteiger partial charge < -0.3 is 20.3 Å². The standard InChI is InChI=1S/C12H18N2O5S/c1-18-10-6-11(19-2)12(5-9(10)13)20(16,17)14-4-3-8(15)7-14/h5-6,8,15H,3-4,7,13H2,1-2H3. The maximum absolute atomic E-state index is 12.6. The molecule has 112 valence electrons. The summed E-state index contributed by atoms with van der Waals surface area (Å²) in [7, 11) is -0.931. The van der Waals surface area contributed by atoms with E-state index in [9.17, 15) is 13.5 Å². The quantitative estimate of drug-likeness (QED) is 0.761. The number of nitrogens with two attached hydrogens (primary N) is 1. The first-order chi connectivity index (χ1) is 9.40. The van der Waals surface area contributed by atoms with Crippen molar-refractivity contribution in [1.29, 1.82) is 0 Å². The molecule has 0 saturated carbocycles. The monoisotopic (exact) mass is 302 g/mol. The van der Waals surface area contributed by atoms with Crippen LogP contribution in [0.5, 0.6) is 11.5 Å². The molecule has 7 nitrogen and oxygen atoms in total. The number of anilines is 1. The predicted octanol–water partition coefficient (Wildman–Crippen LogP) is 0.0413. The molecule has 2 rings (SSSR count). The Hall–Kier alpha value is -1.51. The molecule has 0 spiro atoms. The van der Waals surface area contributed by atoms with Gasteiger partial charge in [0.15, 0.2) is 0 Å². The van der Waals surface area contributed by atoms with Gasteiger partial charge in [0.1, 0.15) is 16.4 Å². The van der Waals surface area contributed by atoms with Gasteiger partial charge in [-0.25, -0.2) is 8.42 Å². The summed E-state index contributed by atoms with van der Waals surface area (Å²) in [6.45, 7) is 0.357. The second-order valence-electron chi connectivity index (χ2n) is 4.55. The third kappa shape index (κ3) is 2.54. The molecule has 0 radical (unpaired) electrons. The first kappa shape index (κ1) is 14.9. The molecule has 0 aromatic heterocycles. The van der Waals surface area contributed by atoms with Crippen molar-refractivity contribution in [3.63, 3.8) is 0 Å². The van der Waals surface area contributed by atoms with Crippen LogP contribution >= 0.6 is 0 Å². The maximum Gasteiger partial charge on any atom is 0.246 e. The number of methoxy groups -OCH3 is 2. The number of benzene rings is 1. The summed E-state index contributed by atoms with van der Waals surface area (Å²) in [6, 6.07) is 2.76. The predicted molar refractivity (Wildman–Crippen MR) is 73.3 cm³/mol. The van der Waals surface area contributed by atoms with Gasteiger partial charge >= 0.3 is 0 Å². The van der Waals surface area contributed by atoms with Crippen LogP contribution in [0.15, 0.2) is 17.0 Å².